The van der Waals surface area contributed by atoms with Gasteiger partial charge in [-0.05, 0) is 18.6 Å². The van der Waals surface area contributed by atoms with E-state index in [9.17, 15) is 14.7 Å². The van der Waals surface area contributed by atoms with E-state index < -0.39 is 23.5 Å². The SMILES string of the molecule is COCCN1C(=O)C(C(=O)O)C2CC1(C)Oc1ccccc12. The van der Waals surface area contributed by atoms with Gasteiger partial charge in [0.25, 0.3) is 0 Å². The Balaban J connectivity index is 2.07. The number of benzene rings is 1. The van der Waals surface area contributed by atoms with Crippen LogP contribution >= 0.6 is 0 Å². The molecule has 3 atom stereocenters. The molecule has 0 spiro atoms. The summed E-state index contributed by atoms with van der Waals surface area (Å²) >= 11 is 0. The average molecular weight is 305 g/mol. The minimum Gasteiger partial charge on any atom is -0.481 e. The van der Waals surface area contributed by atoms with Crippen LogP contribution in [0.4, 0.5) is 0 Å². The highest BCUT2D eigenvalue weighted by molar-refractivity contribution is 5.99. The third kappa shape index (κ3) is 2.14. The second-order valence-electron chi connectivity index (χ2n) is 5.92. The van der Waals surface area contributed by atoms with Crippen LogP contribution in [0, 0.1) is 5.92 Å². The van der Waals surface area contributed by atoms with Crippen LogP contribution in [-0.2, 0) is 14.3 Å². The average Bonchev–Trinajstić information content (AvgIpc) is 2.46. The summed E-state index contributed by atoms with van der Waals surface area (Å²) in [7, 11) is 1.55. The number of carboxylic acid groups (broad SMARTS) is 1. The highest BCUT2D eigenvalue weighted by atomic mass is 16.5. The van der Waals surface area contributed by atoms with Crippen molar-refractivity contribution in [3.63, 3.8) is 0 Å². The zero-order valence-corrected chi connectivity index (χ0v) is 12.6. The number of carbonyl (C=O) groups excluding carboxylic acids is 1. The molecule has 1 aromatic rings. The quantitative estimate of drug-likeness (QED) is 0.852. The van der Waals surface area contributed by atoms with Crippen molar-refractivity contribution in [3.8, 4) is 5.75 Å². The topological polar surface area (TPSA) is 76.1 Å². The molecule has 6 heteroatoms. The zero-order valence-electron chi connectivity index (χ0n) is 12.6. The maximum atomic E-state index is 12.7. The highest BCUT2D eigenvalue weighted by Gasteiger charge is 2.56. The number of fused-ring (bicyclic) bond motifs is 4. The number of amides is 1. The van der Waals surface area contributed by atoms with Gasteiger partial charge in [0.1, 0.15) is 11.7 Å². The normalized spacial score (nSPS) is 29.7. The summed E-state index contributed by atoms with van der Waals surface area (Å²) in [6.07, 6.45) is 0.469. The summed E-state index contributed by atoms with van der Waals surface area (Å²) in [5.41, 5.74) is -0.0345. The fourth-order valence-corrected chi connectivity index (χ4v) is 3.52. The Kier molecular flexibility index (Phi) is 3.56. The van der Waals surface area contributed by atoms with Gasteiger partial charge in [-0.3, -0.25) is 9.59 Å². The summed E-state index contributed by atoms with van der Waals surface area (Å²) in [4.78, 5) is 25.9. The first kappa shape index (κ1) is 14.8. The van der Waals surface area contributed by atoms with Gasteiger partial charge in [0.05, 0.1) is 6.61 Å². The fourth-order valence-electron chi connectivity index (χ4n) is 3.52. The maximum Gasteiger partial charge on any atom is 0.316 e. The number of carbonyl (C=O) groups is 2. The predicted octanol–water partition coefficient (Wildman–Crippen LogP) is 1.46. The summed E-state index contributed by atoms with van der Waals surface area (Å²) in [6, 6.07) is 7.35. The van der Waals surface area contributed by atoms with Crippen LogP contribution in [-0.4, -0.2) is 47.9 Å². The molecule has 1 aromatic carbocycles. The second-order valence-corrected chi connectivity index (χ2v) is 5.92. The lowest BCUT2D eigenvalue weighted by Crippen LogP contribution is -2.64. The van der Waals surface area contributed by atoms with E-state index in [1.165, 1.54) is 4.90 Å². The fraction of sp³-hybridized carbons (Fsp3) is 0.500. The number of nitrogens with zero attached hydrogens (tertiary/aromatic N) is 1. The molecule has 2 heterocycles. The Bertz CT molecular complexity index is 616. The van der Waals surface area contributed by atoms with E-state index in [0.717, 1.165) is 5.56 Å². The number of ether oxygens (including phenoxy) is 2. The predicted molar refractivity (Wildman–Crippen MR) is 77.5 cm³/mol. The van der Waals surface area contributed by atoms with Crippen LogP contribution in [0.1, 0.15) is 24.8 Å². The minimum absolute atomic E-state index is 0.310. The van der Waals surface area contributed by atoms with Gasteiger partial charge < -0.3 is 19.5 Å². The lowest BCUT2D eigenvalue weighted by Gasteiger charge is -2.52. The molecule has 2 aliphatic rings. The van der Waals surface area contributed by atoms with Gasteiger partial charge >= 0.3 is 5.97 Å². The van der Waals surface area contributed by atoms with Crippen LogP contribution < -0.4 is 4.74 Å². The molecule has 3 unspecified atom stereocenters. The first-order valence-corrected chi connectivity index (χ1v) is 7.29. The van der Waals surface area contributed by atoms with E-state index >= 15 is 0 Å². The van der Waals surface area contributed by atoms with Gasteiger partial charge in [0.15, 0.2) is 5.72 Å². The van der Waals surface area contributed by atoms with Crippen molar-refractivity contribution in [2.45, 2.75) is 25.0 Å². The van der Waals surface area contributed by atoms with Crippen molar-refractivity contribution in [1.29, 1.82) is 0 Å². The van der Waals surface area contributed by atoms with Crippen molar-refractivity contribution >= 4 is 11.9 Å². The molecule has 1 amide bonds. The molecule has 2 bridgehead atoms. The Morgan fingerprint density at radius 2 is 2.23 bits per heavy atom. The standard InChI is InChI=1S/C16H19NO5/c1-16-9-11(10-5-3-4-6-12(10)22-16)13(15(19)20)14(18)17(16)7-8-21-2/h3-6,11,13H,7-9H2,1-2H3,(H,19,20). The van der Waals surface area contributed by atoms with Gasteiger partial charge in [-0.25, -0.2) is 0 Å². The maximum absolute atomic E-state index is 12.7. The molecule has 6 nitrogen and oxygen atoms in total. The number of hydrogen-bond acceptors (Lipinski definition) is 4. The largest absolute Gasteiger partial charge is 0.481 e. The number of likely N-dealkylation sites (tertiary alicyclic amines) is 1. The van der Waals surface area contributed by atoms with Crippen LogP contribution in [0.5, 0.6) is 5.75 Å². The number of carboxylic acids is 1. The van der Waals surface area contributed by atoms with Gasteiger partial charge in [-0.1, -0.05) is 18.2 Å². The number of rotatable bonds is 4. The summed E-state index contributed by atoms with van der Waals surface area (Å²) in [5.74, 6) is -2.27. The molecule has 22 heavy (non-hydrogen) atoms. The van der Waals surface area contributed by atoms with Crippen molar-refractivity contribution in [2.75, 3.05) is 20.3 Å². The third-order valence-corrected chi connectivity index (χ3v) is 4.54. The molecule has 3 rings (SSSR count). The highest BCUT2D eigenvalue weighted by Crippen LogP contribution is 2.49. The minimum atomic E-state index is -1.09. The lowest BCUT2D eigenvalue weighted by molar-refractivity contribution is -0.181. The van der Waals surface area contributed by atoms with Crippen LogP contribution in [0.25, 0.3) is 0 Å². The van der Waals surface area contributed by atoms with Crippen LogP contribution in [0.3, 0.4) is 0 Å². The Labute approximate surface area is 128 Å². The second kappa shape index (κ2) is 5.28. The summed E-state index contributed by atoms with van der Waals surface area (Å²) in [5, 5.41) is 9.55. The van der Waals surface area contributed by atoms with Crippen molar-refractivity contribution in [3.05, 3.63) is 29.8 Å². The first-order chi connectivity index (χ1) is 10.5. The molecular formula is C16H19NO5. The molecule has 1 fully saturated rings. The smallest absolute Gasteiger partial charge is 0.316 e. The molecule has 2 aliphatic heterocycles. The Morgan fingerprint density at radius 3 is 2.91 bits per heavy atom. The number of para-hydroxylation sites is 1. The van der Waals surface area contributed by atoms with E-state index in [0.29, 0.717) is 25.3 Å². The van der Waals surface area contributed by atoms with Crippen LogP contribution in [0.2, 0.25) is 0 Å². The molecule has 0 radical (unpaired) electrons. The van der Waals surface area contributed by atoms with E-state index in [1.54, 1.807) is 7.11 Å². The lowest BCUT2D eigenvalue weighted by atomic mass is 9.74. The molecule has 1 saturated heterocycles. The number of hydrogen-bond donors (Lipinski definition) is 1. The summed E-state index contributed by atoms with van der Waals surface area (Å²) in [6.45, 7) is 2.48. The molecule has 1 N–H and O–H groups in total. The van der Waals surface area contributed by atoms with Gasteiger partial charge in [-0.2, -0.15) is 0 Å². The molecule has 0 aliphatic carbocycles. The van der Waals surface area contributed by atoms with Gasteiger partial charge in [0, 0.05) is 26.0 Å². The monoisotopic (exact) mass is 305 g/mol. The number of methoxy groups -OCH3 is 1. The molecule has 118 valence electrons. The van der Waals surface area contributed by atoms with E-state index in [1.807, 2.05) is 31.2 Å². The molecule has 0 aromatic heterocycles. The van der Waals surface area contributed by atoms with Crippen molar-refractivity contribution in [1.82, 2.24) is 4.90 Å². The number of aliphatic carboxylic acids is 1. The third-order valence-electron chi connectivity index (χ3n) is 4.54. The Hall–Kier alpha value is -2.08. The van der Waals surface area contributed by atoms with Crippen LogP contribution in [0.15, 0.2) is 24.3 Å². The van der Waals surface area contributed by atoms with Crippen molar-refractivity contribution in [2.24, 2.45) is 5.92 Å². The van der Waals surface area contributed by atoms with E-state index in [4.69, 9.17) is 9.47 Å². The number of piperidine rings is 1. The Morgan fingerprint density at radius 1 is 1.50 bits per heavy atom. The molecular weight excluding hydrogens is 286 g/mol. The van der Waals surface area contributed by atoms with E-state index in [-0.39, 0.29) is 5.92 Å². The summed E-state index contributed by atoms with van der Waals surface area (Å²) < 4.78 is 11.1. The molecule has 0 saturated carbocycles. The van der Waals surface area contributed by atoms with Crippen molar-refractivity contribution < 1.29 is 24.2 Å². The first-order valence-electron chi connectivity index (χ1n) is 7.29. The van der Waals surface area contributed by atoms with Gasteiger partial charge in [0.2, 0.25) is 5.91 Å². The zero-order chi connectivity index (χ0) is 15.9. The van der Waals surface area contributed by atoms with Gasteiger partial charge in [-0.15, -0.1) is 0 Å². The van der Waals surface area contributed by atoms with E-state index in [2.05, 4.69) is 0 Å².